The average molecular weight is 399 g/mol. The minimum absolute atomic E-state index is 0.0956. The lowest BCUT2D eigenvalue weighted by molar-refractivity contribution is 0.0600. The second kappa shape index (κ2) is 8.20. The van der Waals surface area contributed by atoms with Crippen molar-refractivity contribution < 1.29 is 14.3 Å². The Morgan fingerprint density at radius 1 is 0.862 bits per heavy atom. The Bertz CT molecular complexity index is 1170. The van der Waals surface area contributed by atoms with E-state index in [-0.39, 0.29) is 5.78 Å². The fraction of sp³-hybridized carbons (Fsp3) is 0.0417. The van der Waals surface area contributed by atoms with Crippen molar-refractivity contribution in [2.75, 3.05) is 7.11 Å². The number of rotatable bonds is 5. The molecule has 29 heavy (non-hydrogen) atoms. The van der Waals surface area contributed by atoms with Gasteiger partial charge in [0.25, 0.3) is 0 Å². The fourth-order valence-electron chi connectivity index (χ4n) is 2.96. The molecule has 0 saturated carbocycles. The third kappa shape index (κ3) is 4.00. The summed E-state index contributed by atoms with van der Waals surface area (Å²) in [7, 11) is 1.35. The number of esters is 1. The zero-order chi connectivity index (χ0) is 20.2. The van der Waals surface area contributed by atoms with Crippen molar-refractivity contribution in [2.24, 2.45) is 0 Å². The predicted octanol–water partition coefficient (Wildman–Crippen LogP) is 5.51. The molecule has 5 heteroatoms. The first-order valence-corrected chi connectivity index (χ1v) is 9.83. The molecule has 3 aromatic carbocycles. The molecule has 0 bridgehead atoms. The molecule has 0 radical (unpaired) electrons. The van der Waals surface area contributed by atoms with Gasteiger partial charge in [0.15, 0.2) is 5.78 Å². The lowest BCUT2D eigenvalue weighted by Gasteiger charge is -2.05. The highest BCUT2D eigenvalue weighted by atomic mass is 32.1. The first-order chi connectivity index (χ1) is 14.2. The number of hydrogen-bond donors (Lipinski definition) is 0. The summed E-state index contributed by atoms with van der Waals surface area (Å²) in [6.07, 6.45) is 1.81. The molecule has 0 N–H and O–H groups in total. The van der Waals surface area contributed by atoms with Gasteiger partial charge in [-0.25, -0.2) is 9.78 Å². The van der Waals surface area contributed by atoms with Gasteiger partial charge < -0.3 is 4.74 Å². The van der Waals surface area contributed by atoms with E-state index in [0.29, 0.717) is 21.7 Å². The molecule has 0 amide bonds. The van der Waals surface area contributed by atoms with Crippen molar-refractivity contribution in [3.63, 3.8) is 0 Å². The number of allylic oxidation sites excluding steroid dienone is 1. The Labute approximate surface area is 172 Å². The first-order valence-electron chi connectivity index (χ1n) is 9.01. The number of carbonyl (C=O) groups excluding carboxylic acids is 2. The molecular formula is C24H17NO3S. The summed E-state index contributed by atoms with van der Waals surface area (Å²) in [4.78, 5) is 29.6. The monoisotopic (exact) mass is 399 g/mol. The SMILES string of the molecule is COC(=O)c1ccc(/C=C(/C(=O)c2ccccc2)c2nc3ccccc3s2)cc1. The smallest absolute Gasteiger partial charge is 0.337 e. The number of aromatic nitrogens is 1. The lowest BCUT2D eigenvalue weighted by Crippen LogP contribution is -2.03. The minimum atomic E-state index is -0.396. The van der Waals surface area contributed by atoms with Crippen LogP contribution < -0.4 is 0 Å². The molecule has 0 aliphatic carbocycles. The van der Waals surface area contributed by atoms with Crippen molar-refractivity contribution in [1.29, 1.82) is 0 Å². The Kier molecular flexibility index (Phi) is 5.31. The predicted molar refractivity (Wildman–Crippen MR) is 116 cm³/mol. The van der Waals surface area contributed by atoms with E-state index in [9.17, 15) is 9.59 Å². The Hall–Kier alpha value is -3.57. The number of thiazole rings is 1. The summed E-state index contributed by atoms with van der Waals surface area (Å²) in [6.45, 7) is 0. The van der Waals surface area contributed by atoms with Crippen LogP contribution in [0.15, 0.2) is 78.9 Å². The highest BCUT2D eigenvalue weighted by Gasteiger charge is 2.18. The van der Waals surface area contributed by atoms with E-state index in [1.165, 1.54) is 18.4 Å². The van der Waals surface area contributed by atoms with Gasteiger partial charge in [-0.1, -0.05) is 54.6 Å². The van der Waals surface area contributed by atoms with E-state index in [1.54, 1.807) is 36.4 Å². The second-order valence-electron chi connectivity index (χ2n) is 6.35. The zero-order valence-corrected chi connectivity index (χ0v) is 16.5. The van der Waals surface area contributed by atoms with Crippen LogP contribution in [0.3, 0.4) is 0 Å². The van der Waals surface area contributed by atoms with Gasteiger partial charge in [-0.3, -0.25) is 4.79 Å². The molecule has 0 spiro atoms. The largest absolute Gasteiger partial charge is 0.465 e. The van der Waals surface area contributed by atoms with Crippen LogP contribution in [-0.4, -0.2) is 23.8 Å². The molecule has 4 aromatic rings. The fourth-order valence-corrected chi connectivity index (χ4v) is 3.94. The molecule has 0 saturated heterocycles. The third-order valence-electron chi connectivity index (χ3n) is 4.45. The Morgan fingerprint density at radius 3 is 2.24 bits per heavy atom. The summed E-state index contributed by atoms with van der Waals surface area (Å²) in [5.41, 5.74) is 3.24. The number of benzene rings is 3. The van der Waals surface area contributed by atoms with E-state index in [2.05, 4.69) is 4.98 Å². The maximum absolute atomic E-state index is 13.3. The van der Waals surface area contributed by atoms with E-state index < -0.39 is 5.97 Å². The van der Waals surface area contributed by atoms with Gasteiger partial charge in [0.1, 0.15) is 5.01 Å². The number of Topliss-reactive ketones (excluding diaryl/α,β-unsaturated/α-hetero) is 1. The van der Waals surface area contributed by atoms with Crippen molar-refractivity contribution in [1.82, 2.24) is 4.98 Å². The minimum Gasteiger partial charge on any atom is -0.465 e. The van der Waals surface area contributed by atoms with Gasteiger partial charge >= 0.3 is 5.97 Å². The Balaban J connectivity index is 1.80. The van der Waals surface area contributed by atoms with Crippen LogP contribution in [0.25, 0.3) is 21.9 Å². The quantitative estimate of drug-likeness (QED) is 0.252. The maximum Gasteiger partial charge on any atom is 0.337 e. The molecule has 0 fully saturated rings. The number of nitrogens with zero attached hydrogens (tertiary/aromatic N) is 1. The second-order valence-corrected chi connectivity index (χ2v) is 7.38. The average Bonchev–Trinajstić information content (AvgIpc) is 3.21. The first kappa shape index (κ1) is 18.8. The number of ether oxygens (including phenoxy) is 1. The molecule has 0 aliphatic heterocycles. The number of ketones is 1. The van der Waals surface area contributed by atoms with Crippen LogP contribution in [0, 0.1) is 0 Å². The molecule has 4 rings (SSSR count). The lowest BCUT2D eigenvalue weighted by atomic mass is 10.0. The molecule has 1 aromatic heterocycles. The van der Waals surface area contributed by atoms with Crippen molar-refractivity contribution >= 4 is 45.0 Å². The van der Waals surface area contributed by atoms with Crippen LogP contribution in [0.1, 0.15) is 31.3 Å². The molecule has 142 valence electrons. The standard InChI is InChI=1S/C24H17NO3S/c1-28-24(27)18-13-11-16(12-14-18)15-19(22(26)17-7-3-2-4-8-17)23-25-20-9-5-6-10-21(20)29-23/h2-15H,1H3/b19-15-. The summed E-state index contributed by atoms with van der Waals surface area (Å²) >= 11 is 1.48. The summed E-state index contributed by atoms with van der Waals surface area (Å²) in [6, 6.07) is 23.9. The summed E-state index contributed by atoms with van der Waals surface area (Å²) in [5, 5.41) is 0.664. The molecule has 0 unspecified atom stereocenters. The van der Waals surface area contributed by atoms with Crippen molar-refractivity contribution in [3.8, 4) is 0 Å². The van der Waals surface area contributed by atoms with Crippen molar-refractivity contribution in [3.05, 3.63) is 101 Å². The van der Waals surface area contributed by atoms with Crippen LogP contribution >= 0.6 is 11.3 Å². The van der Waals surface area contributed by atoms with Crippen LogP contribution in [0.4, 0.5) is 0 Å². The maximum atomic E-state index is 13.3. The zero-order valence-electron chi connectivity index (χ0n) is 15.7. The number of fused-ring (bicyclic) bond motifs is 1. The van der Waals surface area contributed by atoms with Gasteiger partial charge in [0, 0.05) is 5.56 Å². The van der Waals surface area contributed by atoms with Gasteiger partial charge in [-0.05, 0) is 35.9 Å². The topological polar surface area (TPSA) is 56.3 Å². The summed E-state index contributed by atoms with van der Waals surface area (Å²) < 4.78 is 5.76. The van der Waals surface area contributed by atoms with Gasteiger partial charge in [-0.15, -0.1) is 11.3 Å². The Morgan fingerprint density at radius 2 is 1.55 bits per heavy atom. The number of hydrogen-bond acceptors (Lipinski definition) is 5. The van der Waals surface area contributed by atoms with E-state index in [1.807, 2.05) is 48.5 Å². The molecular weight excluding hydrogens is 382 g/mol. The molecule has 4 nitrogen and oxygen atoms in total. The van der Waals surface area contributed by atoms with Crippen molar-refractivity contribution in [2.45, 2.75) is 0 Å². The molecule has 0 aliphatic rings. The number of carbonyl (C=O) groups is 2. The van der Waals surface area contributed by atoms with Gasteiger partial charge in [0.2, 0.25) is 0 Å². The van der Waals surface area contributed by atoms with Crippen LogP contribution in [0.5, 0.6) is 0 Å². The normalized spacial score (nSPS) is 11.4. The molecule has 0 atom stereocenters. The summed E-state index contributed by atoms with van der Waals surface area (Å²) in [5.74, 6) is -0.492. The van der Waals surface area contributed by atoms with Crippen LogP contribution in [0.2, 0.25) is 0 Å². The third-order valence-corrected chi connectivity index (χ3v) is 5.52. The number of para-hydroxylation sites is 1. The van der Waals surface area contributed by atoms with E-state index in [0.717, 1.165) is 15.8 Å². The highest BCUT2D eigenvalue weighted by molar-refractivity contribution is 7.20. The molecule has 1 heterocycles. The van der Waals surface area contributed by atoms with Gasteiger partial charge in [-0.2, -0.15) is 0 Å². The van der Waals surface area contributed by atoms with Gasteiger partial charge in [0.05, 0.1) is 28.5 Å². The van der Waals surface area contributed by atoms with Crippen LogP contribution in [-0.2, 0) is 4.74 Å². The van der Waals surface area contributed by atoms with E-state index in [4.69, 9.17) is 4.74 Å². The van der Waals surface area contributed by atoms with E-state index >= 15 is 0 Å². The highest BCUT2D eigenvalue weighted by Crippen LogP contribution is 2.30. The number of methoxy groups -OCH3 is 1.